The van der Waals surface area contributed by atoms with Gasteiger partial charge in [0.1, 0.15) is 0 Å². The van der Waals surface area contributed by atoms with Gasteiger partial charge in [-0.1, -0.05) is 37.3 Å². The van der Waals surface area contributed by atoms with Gasteiger partial charge in [0.2, 0.25) is 0 Å². The Balaban J connectivity index is 3.52. The summed E-state index contributed by atoms with van der Waals surface area (Å²) in [6.07, 6.45) is 5.55. The lowest BCUT2D eigenvalue weighted by Crippen LogP contribution is -2.26. The minimum absolute atomic E-state index is 1.10. The number of aryl methyl sites for hydroxylation is 1. The van der Waals surface area contributed by atoms with E-state index < -0.39 is 0 Å². The van der Waals surface area contributed by atoms with Crippen LogP contribution in [0.4, 0.5) is 0 Å². The monoisotopic (exact) mass is 160 g/mol. The molecule has 0 saturated heterocycles. The maximum atomic E-state index is 2.28. The van der Waals surface area contributed by atoms with Crippen molar-refractivity contribution in [1.82, 2.24) is 0 Å². The maximum Gasteiger partial charge on any atom is -0.0198 e. The average Bonchev–Trinajstić information content (AvgIpc) is 2.09. The van der Waals surface area contributed by atoms with Crippen LogP contribution in [0.5, 0.6) is 0 Å². The average molecular weight is 160 g/mol. The minimum atomic E-state index is 1.10. The van der Waals surface area contributed by atoms with Crippen LogP contribution in [0.3, 0.4) is 0 Å². The van der Waals surface area contributed by atoms with E-state index in [1.165, 1.54) is 16.0 Å². The molecular weight excluding hydrogens is 144 g/mol. The van der Waals surface area contributed by atoms with E-state index in [2.05, 4.69) is 51.1 Å². The van der Waals surface area contributed by atoms with Crippen LogP contribution in [0.25, 0.3) is 12.2 Å². The summed E-state index contributed by atoms with van der Waals surface area (Å²) < 4.78 is 0. The van der Waals surface area contributed by atoms with E-state index in [9.17, 15) is 0 Å². The SMILES string of the molecule is C/C=c1/cccc(C)/c1=C\CC. The maximum absolute atomic E-state index is 2.28. The highest BCUT2D eigenvalue weighted by atomic mass is 13.9. The fourth-order valence-corrected chi connectivity index (χ4v) is 1.44. The summed E-state index contributed by atoms with van der Waals surface area (Å²) in [6, 6.07) is 6.43. The zero-order valence-corrected chi connectivity index (χ0v) is 8.09. The number of hydrogen-bond acceptors (Lipinski definition) is 0. The second kappa shape index (κ2) is 4.10. The molecule has 0 atom stereocenters. The highest BCUT2D eigenvalue weighted by molar-refractivity contribution is 5.34. The molecule has 1 aromatic rings. The van der Waals surface area contributed by atoms with E-state index in [0.717, 1.165) is 6.42 Å². The summed E-state index contributed by atoms with van der Waals surface area (Å²) in [5.74, 6) is 0. The lowest BCUT2D eigenvalue weighted by atomic mass is 10.1. The molecule has 0 saturated carbocycles. The zero-order chi connectivity index (χ0) is 8.97. The molecule has 0 nitrogen and oxygen atoms in total. The highest BCUT2D eigenvalue weighted by Gasteiger charge is 1.87. The van der Waals surface area contributed by atoms with Gasteiger partial charge < -0.3 is 0 Å². The van der Waals surface area contributed by atoms with Gasteiger partial charge in [-0.15, -0.1) is 0 Å². The van der Waals surface area contributed by atoms with Crippen LogP contribution in [-0.4, -0.2) is 0 Å². The first kappa shape index (κ1) is 9.05. The summed E-state index contributed by atoms with van der Waals surface area (Å²) in [4.78, 5) is 0. The van der Waals surface area contributed by atoms with Gasteiger partial charge in [-0.25, -0.2) is 0 Å². The Morgan fingerprint density at radius 1 is 1.33 bits per heavy atom. The molecule has 0 heterocycles. The van der Waals surface area contributed by atoms with Gasteiger partial charge in [0.15, 0.2) is 0 Å². The zero-order valence-electron chi connectivity index (χ0n) is 8.09. The van der Waals surface area contributed by atoms with E-state index in [0.29, 0.717) is 0 Å². The largest absolute Gasteiger partial charge is 0.0798 e. The summed E-state index contributed by atoms with van der Waals surface area (Å²) in [5, 5.41) is 2.74. The third-order valence-electron chi connectivity index (χ3n) is 2.08. The topological polar surface area (TPSA) is 0 Å². The summed E-state index contributed by atoms with van der Waals surface area (Å²) in [7, 11) is 0. The van der Waals surface area contributed by atoms with Crippen molar-refractivity contribution in [3.05, 3.63) is 34.2 Å². The molecule has 64 valence electrons. The molecule has 0 spiro atoms. The molecule has 0 unspecified atom stereocenters. The second-order valence-corrected chi connectivity index (χ2v) is 2.98. The second-order valence-electron chi connectivity index (χ2n) is 2.98. The van der Waals surface area contributed by atoms with E-state index >= 15 is 0 Å². The molecular formula is C12H16. The predicted molar refractivity (Wildman–Crippen MR) is 55.3 cm³/mol. The summed E-state index contributed by atoms with van der Waals surface area (Å²) >= 11 is 0. The Morgan fingerprint density at radius 3 is 2.67 bits per heavy atom. The quantitative estimate of drug-likeness (QED) is 0.589. The van der Waals surface area contributed by atoms with Gasteiger partial charge in [0, 0.05) is 0 Å². The van der Waals surface area contributed by atoms with Crippen molar-refractivity contribution < 1.29 is 0 Å². The molecule has 12 heavy (non-hydrogen) atoms. The molecule has 0 aromatic heterocycles. The van der Waals surface area contributed by atoms with Crippen LogP contribution in [0.15, 0.2) is 18.2 Å². The van der Waals surface area contributed by atoms with Crippen LogP contribution in [0.1, 0.15) is 25.8 Å². The lowest BCUT2D eigenvalue weighted by Gasteiger charge is -1.95. The van der Waals surface area contributed by atoms with Gasteiger partial charge in [-0.3, -0.25) is 0 Å². The third-order valence-corrected chi connectivity index (χ3v) is 2.08. The Hall–Kier alpha value is -1.04. The smallest absolute Gasteiger partial charge is 0.0198 e. The molecule has 0 aliphatic carbocycles. The van der Waals surface area contributed by atoms with Crippen molar-refractivity contribution >= 4 is 12.2 Å². The fourth-order valence-electron chi connectivity index (χ4n) is 1.44. The Labute approximate surface area is 74.2 Å². The van der Waals surface area contributed by atoms with E-state index in [4.69, 9.17) is 0 Å². The lowest BCUT2D eigenvalue weighted by molar-refractivity contribution is 1.26. The molecule has 0 heteroatoms. The van der Waals surface area contributed by atoms with Crippen LogP contribution in [-0.2, 0) is 0 Å². The van der Waals surface area contributed by atoms with Crippen molar-refractivity contribution in [1.29, 1.82) is 0 Å². The van der Waals surface area contributed by atoms with Crippen molar-refractivity contribution in [3.8, 4) is 0 Å². The van der Waals surface area contributed by atoms with Gasteiger partial charge in [-0.2, -0.15) is 0 Å². The Bertz CT molecular complexity index is 358. The standard InChI is InChI=1S/C12H16/c1-4-7-12-10(3)8-6-9-11(12)5-2/h5-9H,4H2,1-3H3/b11-5-,12-7+. The van der Waals surface area contributed by atoms with Crippen molar-refractivity contribution in [2.75, 3.05) is 0 Å². The van der Waals surface area contributed by atoms with Crippen molar-refractivity contribution in [3.63, 3.8) is 0 Å². The minimum Gasteiger partial charge on any atom is -0.0798 e. The first-order valence-electron chi connectivity index (χ1n) is 4.51. The number of rotatable bonds is 1. The molecule has 0 radical (unpaired) electrons. The van der Waals surface area contributed by atoms with Crippen LogP contribution >= 0.6 is 0 Å². The molecule has 0 bridgehead atoms. The molecule has 0 aliphatic rings. The molecule has 1 rings (SSSR count). The van der Waals surface area contributed by atoms with Gasteiger partial charge in [0.05, 0.1) is 0 Å². The van der Waals surface area contributed by atoms with Crippen LogP contribution < -0.4 is 10.4 Å². The molecule has 0 N–H and O–H groups in total. The highest BCUT2D eigenvalue weighted by Crippen LogP contribution is 1.85. The van der Waals surface area contributed by atoms with E-state index in [1.807, 2.05) is 0 Å². The number of benzene rings is 1. The summed E-state index contributed by atoms with van der Waals surface area (Å²) in [5.41, 5.74) is 1.37. The van der Waals surface area contributed by atoms with Crippen molar-refractivity contribution in [2.24, 2.45) is 0 Å². The first-order chi connectivity index (χ1) is 5.79. The molecule has 0 fully saturated rings. The molecule has 0 amide bonds. The first-order valence-corrected chi connectivity index (χ1v) is 4.51. The number of hydrogen-bond donors (Lipinski definition) is 0. The summed E-state index contributed by atoms with van der Waals surface area (Å²) in [6.45, 7) is 6.42. The van der Waals surface area contributed by atoms with Gasteiger partial charge in [-0.05, 0) is 36.3 Å². The van der Waals surface area contributed by atoms with Gasteiger partial charge >= 0.3 is 0 Å². The third kappa shape index (κ3) is 1.76. The van der Waals surface area contributed by atoms with E-state index in [1.54, 1.807) is 0 Å². The predicted octanol–water partition coefficient (Wildman–Crippen LogP) is 1.99. The Morgan fingerprint density at radius 2 is 2.08 bits per heavy atom. The van der Waals surface area contributed by atoms with Crippen LogP contribution in [0.2, 0.25) is 0 Å². The Kier molecular flexibility index (Phi) is 3.09. The van der Waals surface area contributed by atoms with Crippen molar-refractivity contribution in [2.45, 2.75) is 27.2 Å². The van der Waals surface area contributed by atoms with Gasteiger partial charge in [0.25, 0.3) is 0 Å². The normalized spacial score (nSPS) is 13.9. The fraction of sp³-hybridized carbons (Fsp3) is 0.333. The van der Waals surface area contributed by atoms with E-state index in [-0.39, 0.29) is 0 Å². The molecule has 1 aromatic carbocycles. The van der Waals surface area contributed by atoms with Crippen LogP contribution in [0, 0.1) is 6.92 Å². The molecule has 0 aliphatic heterocycles.